The maximum atomic E-state index is 12.2. The Morgan fingerprint density at radius 1 is 1.50 bits per heavy atom. The molecular formula is C14H17N3O3. The minimum Gasteiger partial charge on any atom is -0.493 e. The smallest absolute Gasteiger partial charge is 0.274 e. The molecule has 106 valence electrons. The van der Waals surface area contributed by atoms with Crippen LogP contribution in [0.2, 0.25) is 0 Å². The summed E-state index contributed by atoms with van der Waals surface area (Å²) in [5.41, 5.74) is 0.321. The molecule has 0 saturated heterocycles. The number of fused-ring (bicyclic) bond motifs is 1. The van der Waals surface area contributed by atoms with E-state index in [1.807, 2.05) is 20.8 Å². The number of nitrogens with one attached hydrogen (secondary N) is 1. The van der Waals surface area contributed by atoms with Crippen molar-refractivity contribution >= 4 is 11.6 Å². The minimum atomic E-state index is -0.608. The number of pyridine rings is 1. The second kappa shape index (κ2) is 5.32. The molecule has 2 aromatic heterocycles. The summed E-state index contributed by atoms with van der Waals surface area (Å²) in [6, 6.07) is 3.40. The van der Waals surface area contributed by atoms with Crippen LogP contribution < -0.4 is 10.9 Å². The van der Waals surface area contributed by atoms with E-state index in [0.717, 1.165) is 5.56 Å². The maximum absolute atomic E-state index is 12.2. The second-order valence-electron chi connectivity index (χ2n) is 5.15. The van der Waals surface area contributed by atoms with Gasteiger partial charge in [0.1, 0.15) is 5.65 Å². The summed E-state index contributed by atoms with van der Waals surface area (Å²) >= 11 is 0. The maximum Gasteiger partial charge on any atom is 0.274 e. The molecule has 0 aliphatic rings. The summed E-state index contributed by atoms with van der Waals surface area (Å²) in [4.78, 5) is 28.1. The lowest BCUT2D eigenvalue weighted by molar-refractivity contribution is 0.0944. The predicted molar refractivity (Wildman–Crippen MR) is 75.0 cm³/mol. The van der Waals surface area contributed by atoms with E-state index in [1.54, 1.807) is 18.3 Å². The van der Waals surface area contributed by atoms with Gasteiger partial charge in [0.25, 0.3) is 11.5 Å². The average Bonchev–Trinajstić information content (AvgIpc) is 2.35. The van der Waals surface area contributed by atoms with Crippen LogP contribution in [0.4, 0.5) is 0 Å². The molecule has 0 bridgehead atoms. The molecule has 2 N–H and O–H groups in total. The molecule has 0 saturated carbocycles. The molecule has 0 aromatic carbocycles. The number of aromatic nitrogens is 2. The molecule has 0 atom stereocenters. The molecule has 2 aromatic rings. The predicted octanol–water partition coefficient (Wildman–Crippen LogP) is 1.09. The normalized spacial score (nSPS) is 11.0. The Hall–Kier alpha value is -2.37. The molecule has 0 aliphatic carbocycles. The van der Waals surface area contributed by atoms with E-state index >= 15 is 0 Å². The van der Waals surface area contributed by atoms with Crippen molar-refractivity contribution in [3.05, 3.63) is 39.8 Å². The number of carbonyl (C=O) groups excluding carboxylic acids is 1. The van der Waals surface area contributed by atoms with Crippen molar-refractivity contribution in [2.24, 2.45) is 5.92 Å². The van der Waals surface area contributed by atoms with Gasteiger partial charge in [0.15, 0.2) is 5.56 Å². The van der Waals surface area contributed by atoms with Gasteiger partial charge in [0.2, 0.25) is 5.88 Å². The quantitative estimate of drug-likeness (QED) is 0.878. The van der Waals surface area contributed by atoms with Crippen LogP contribution >= 0.6 is 0 Å². The molecular weight excluding hydrogens is 258 g/mol. The molecule has 20 heavy (non-hydrogen) atoms. The first-order valence-corrected chi connectivity index (χ1v) is 6.40. The summed E-state index contributed by atoms with van der Waals surface area (Å²) in [7, 11) is 0. The van der Waals surface area contributed by atoms with Gasteiger partial charge in [-0.15, -0.1) is 0 Å². The van der Waals surface area contributed by atoms with Crippen LogP contribution in [0.5, 0.6) is 5.88 Å². The standard InChI is InChI=1S/C14H17N3O3/c1-8(2)7-15-12(18)11-13(19)16-10-6-9(3)4-5-17(10)14(11)20/h4-6,8,19H,7H2,1-3H3,(H,15,18). The highest BCUT2D eigenvalue weighted by atomic mass is 16.3. The average molecular weight is 275 g/mol. The minimum absolute atomic E-state index is 0.250. The molecule has 0 fully saturated rings. The first kappa shape index (κ1) is 14.0. The summed E-state index contributed by atoms with van der Waals surface area (Å²) in [5.74, 6) is -0.898. The summed E-state index contributed by atoms with van der Waals surface area (Å²) < 4.78 is 1.25. The van der Waals surface area contributed by atoms with E-state index in [-0.39, 0.29) is 11.5 Å². The Bertz CT molecular complexity index is 719. The molecule has 2 rings (SSSR count). The highest BCUT2D eigenvalue weighted by molar-refractivity contribution is 5.96. The van der Waals surface area contributed by atoms with Gasteiger partial charge in [-0.1, -0.05) is 13.8 Å². The lowest BCUT2D eigenvalue weighted by Crippen LogP contribution is -2.33. The van der Waals surface area contributed by atoms with Gasteiger partial charge < -0.3 is 10.4 Å². The van der Waals surface area contributed by atoms with Crippen LogP contribution in [0.15, 0.2) is 23.1 Å². The van der Waals surface area contributed by atoms with Gasteiger partial charge in [0.05, 0.1) is 0 Å². The zero-order chi connectivity index (χ0) is 14.9. The molecule has 6 heteroatoms. The van der Waals surface area contributed by atoms with Crippen LogP contribution in [-0.4, -0.2) is 26.9 Å². The third-order valence-electron chi connectivity index (χ3n) is 2.86. The van der Waals surface area contributed by atoms with Crippen molar-refractivity contribution in [2.45, 2.75) is 20.8 Å². The number of hydrogen-bond acceptors (Lipinski definition) is 4. The second-order valence-corrected chi connectivity index (χ2v) is 5.15. The first-order valence-electron chi connectivity index (χ1n) is 6.40. The zero-order valence-corrected chi connectivity index (χ0v) is 11.7. The third-order valence-corrected chi connectivity index (χ3v) is 2.86. The SMILES string of the molecule is Cc1ccn2c(=O)c(C(=O)NCC(C)C)c(O)nc2c1. The van der Waals surface area contributed by atoms with E-state index in [1.165, 1.54) is 4.40 Å². The summed E-state index contributed by atoms with van der Waals surface area (Å²) in [5, 5.41) is 12.4. The fraction of sp³-hybridized carbons (Fsp3) is 0.357. The van der Waals surface area contributed by atoms with E-state index in [4.69, 9.17) is 0 Å². The van der Waals surface area contributed by atoms with Gasteiger partial charge in [-0.05, 0) is 30.5 Å². The number of rotatable bonds is 3. The topological polar surface area (TPSA) is 83.7 Å². The molecule has 6 nitrogen and oxygen atoms in total. The molecule has 0 aliphatic heterocycles. The van der Waals surface area contributed by atoms with Crippen LogP contribution in [-0.2, 0) is 0 Å². The van der Waals surface area contributed by atoms with Crippen molar-refractivity contribution in [1.29, 1.82) is 0 Å². The Morgan fingerprint density at radius 3 is 2.85 bits per heavy atom. The number of hydrogen-bond donors (Lipinski definition) is 2. The number of carbonyl (C=O) groups is 1. The van der Waals surface area contributed by atoms with Gasteiger partial charge >= 0.3 is 0 Å². The fourth-order valence-electron chi connectivity index (χ4n) is 1.81. The lowest BCUT2D eigenvalue weighted by Gasteiger charge is -2.09. The molecule has 0 unspecified atom stereocenters. The van der Waals surface area contributed by atoms with Gasteiger partial charge in [0, 0.05) is 12.7 Å². The van der Waals surface area contributed by atoms with Gasteiger partial charge in [-0.25, -0.2) is 0 Å². The molecule has 0 spiro atoms. The Morgan fingerprint density at radius 2 is 2.20 bits per heavy atom. The number of aromatic hydroxyl groups is 1. The van der Waals surface area contributed by atoms with Crippen molar-refractivity contribution in [3.63, 3.8) is 0 Å². The van der Waals surface area contributed by atoms with Gasteiger partial charge in [-0.3, -0.25) is 14.0 Å². The monoisotopic (exact) mass is 275 g/mol. The Kier molecular flexibility index (Phi) is 3.74. The van der Waals surface area contributed by atoms with Crippen LogP contribution in [0.1, 0.15) is 29.8 Å². The number of aryl methyl sites for hydroxylation is 1. The number of nitrogens with zero attached hydrogens (tertiary/aromatic N) is 2. The highest BCUT2D eigenvalue weighted by Gasteiger charge is 2.19. The van der Waals surface area contributed by atoms with Crippen LogP contribution in [0.25, 0.3) is 5.65 Å². The van der Waals surface area contributed by atoms with E-state index in [9.17, 15) is 14.7 Å². The molecule has 1 amide bonds. The van der Waals surface area contributed by atoms with Crippen LogP contribution in [0.3, 0.4) is 0 Å². The van der Waals surface area contributed by atoms with Gasteiger partial charge in [-0.2, -0.15) is 4.98 Å². The summed E-state index contributed by atoms with van der Waals surface area (Å²) in [6.45, 7) is 6.16. The van der Waals surface area contributed by atoms with Crippen molar-refractivity contribution < 1.29 is 9.90 Å². The van der Waals surface area contributed by atoms with Crippen molar-refractivity contribution in [3.8, 4) is 5.88 Å². The lowest BCUT2D eigenvalue weighted by atomic mass is 10.2. The van der Waals surface area contributed by atoms with Crippen molar-refractivity contribution in [1.82, 2.24) is 14.7 Å². The van der Waals surface area contributed by atoms with E-state index in [2.05, 4.69) is 10.3 Å². The summed E-state index contributed by atoms with van der Waals surface area (Å²) in [6.07, 6.45) is 1.54. The Labute approximate surface area is 116 Å². The zero-order valence-electron chi connectivity index (χ0n) is 11.7. The number of amides is 1. The third kappa shape index (κ3) is 2.64. The fourth-order valence-corrected chi connectivity index (χ4v) is 1.81. The molecule has 2 heterocycles. The van der Waals surface area contributed by atoms with E-state index < -0.39 is 17.3 Å². The first-order chi connectivity index (χ1) is 9.40. The van der Waals surface area contributed by atoms with Crippen LogP contribution in [0, 0.1) is 12.8 Å². The largest absolute Gasteiger partial charge is 0.493 e. The van der Waals surface area contributed by atoms with Crippen molar-refractivity contribution in [2.75, 3.05) is 6.54 Å². The Balaban J connectivity index is 2.52. The van der Waals surface area contributed by atoms with E-state index in [0.29, 0.717) is 12.2 Å². The highest BCUT2D eigenvalue weighted by Crippen LogP contribution is 2.12. The molecule has 0 radical (unpaired) electrons.